The van der Waals surface area contributed by atoms with Gasteiger partial charge in [-0.3, -0.25) is 0 Å². The highest BCUT2D eigenvalue weighted by Crippen LogP contribution is 2.16. The molecular formula is C11H15BrClN. The summed E-state index contributed by atoms with van der Waals surface area (Å²) >= 11 is 9.60. The maximum atomic E-state index is 6.07. The Morgan fingerprint density at radius 1 is 1.43 bits per heavy atom. The highest BCUT2D eigenvalue weighted by molar-refractivity contribution is 9.09. The van der Waals surface area contributed by atoms with E-state index in [1.807, 2.05) is 18.2 Å². The van der Waals surface area contributed by atoms with Crippen LogP contribution < -0.4 is 0 Å². The summed E-state index contributed by atoms with van der Waals surface area (Å²) < 4.78 is 0. The third kappa shape index (κ3) is 3.99. The summed E-state index contributed by atoms with van der Waals surface area (Å²) in [5, 5.41) is 0.849. The lowest BCUT2D eigenvalue weighted by atomic mass is 10.2. The Morgan fingerprint density at radius 2 is 2.07 bits per heavy atom. The molecular weight excluding hydrogens is 261 g/mol. The van der Waals surface area contributed by atoms with Crippen LogP contribution in [0.1, 0.15) is 12.5 Å². The van der Waals surface area contributed by atoms with E-state index in [4.69, 9.17) is 11.6 Å². The summed E-state index contributed by atoms with van der Waals surface area (Å²) in [5.41, 5.74) is 1.19. The first kappa shape index (κ1) is 12.0. The molecule has 0 N–H and O–H groups in total. The molecule has 78 valence electrons. The first-order valence-electron chi connectivity index (χ1n) is 4.65. The minimum atomic E-state index is 0.509. The van der Waals surface area contributed by atoms with Gasteiger partial charge in [0.05, 0.1) is 0 Å². The molecule has 0 aliphatic rings. The monoisotopic (exact) mass is 275 g/mol. The van der Waals surface area contributed by atoms with Gasteiger partial charge in [0.2, 0.25) is 0 Å². The van der Waals surface area contributed by atoms with E-state index >= 15 is 0 Å². The zero-order valence-electron chi connectivity index (χ0n) is 8.50. The van der Waals surface area contributed by atoms with Crippen molar-refractivity contribution in [1.82, 2.24) is 4.90 Å². The van der Waals surface area contributed by atoms with Gasteiger partial charge in [-0.25, -0.2) is 0 Å². The van der Waals surface area contributed by atoms with E-state index in [0.29, 0.717) is 4.83 Å². The molecule has 0 radical (unpaired) electrons. The number of halogens is 2. The van der Waals surface area contributed by atoms with Gasteiger partial charge in [0.25, 0.3) is 0 Å². The molecule has 0 bridgehead atoms. The van der Waals surface area contributed by atoms with Crippen LogP contribution in [0.4, 0.5) is 0 Å². The summed E-state index contributed by atoms with van der Waals surface area (Å²) in [7, 11) is 2.10. The Bertz CT molecular complexity index is 288. The summed E-state index contributed by atoms with van der Waals surface area (Å²) in [6.45, 7) is 4.06. The van der Waals surface area contributed by atoms with Gasteiger partial charge >= 0.3 is 0 Å². The van der Waals surface area contributed by atoms with Crippen LogP contribution >= 0.6 is 27.5 Å². The van der Waals surface area contributed by atoms with Gasteiger partial charge in [0.15, 0.2) is 0 Å². The van der Waals surface area contributed by atoms with E-state index in [1.165, 1.54) is 5.56 Å². The average Bonchev–Trinajstić information content (AvgIpc) is 2.07. The average molecular weight is 277 g/mol. The second-order valence-electron chi connectivity index (χ2n) is 3.57. The summed E-state index contributed by atoms with van der Waals surface area (Å²) in [6, 6.07) is 7.98. The number of alkyl halides is 1. The van der Waals surface area contributed by atoms with E-state index in [2.05, 4.69) is 40.9 Å². The largest absolute Gasteiger partial charge is 0.301 e. The Kier molecular flexibility index (Phi) is 4.93. The Hall–Kier alpha value is -0.0500. The summed E-state index contributed by atoms with van der Waals surface area (Å²) in [6.07, 6.45) is 0. The van der Waals surface area contributed by atoms with Crippen LogP contribution in [0.15, 0.2) is 24.3 Å². The van der Waals surface area contributed by atoms with Crippen molar-refractivity contribution in [3.8, 4) is 0 Å². The zero-order chi connectivity index (χ0) is 10.6. The van der Waals surface area contributed by atoms with Crippen molar-refractivity contribution < 1.29 is 0 Å². The van der Waals surface area contributed by atoms with Crippen molar-refractivity contribution in [2.75, 3.05) is 13.6 Å². The first-order chi connectivity index (χ1) is 6.59. The number of hydrogen-bond acceptors (Lipinski definition) is 1. The van der Waals surface area contributed by atoms with Crippen molar-refractivity contribution >= 4 is 27.5 Å². The van der Waals surface area contributed by atoms with Gasteiger partial charge in [-0.05, 0) is 18.7 Å². The second-order valence-corrected chi connectivity index (χ2v) is 5.54. The zero-order valence-corrected chi connectivity index (χ0v) is 10.8. The molecule has 0 spiro atoms. The maximum absolute atomic E-state index is 6.07. The number of hydrogen-bond donors (Lipinski definition) is 0. The number of nitrogens with zero attached hydrogens (tertiary/aromatic N) is 1. The van der Waals surface area contributed by atoms with Crippen LogP contribution in [0.5, 0.6) is 0 Å². The first-order valence-corrected chi connectivity index (χ1v) is 5.95. The van der Waals surface area contributed by atoms with Gasteiger partial charge < -0.3 is 4.90 Å². The molecule has 1 aromatic carbocycles. The summed E-state index contributed by atoms with van der Waals surface area (Å²) in [5.74, 6) is 0. The lowest BCUT2D eigenvalue weighted by molar-refractivity contribution is 0.333. The molecule has 3 heteroatoms. The van der Waals surface area contributed by atoms with Crippen molar-refractivity contribution in [2.45, 2.75) is 18.3 Å². The lowest BCUT2D eigenvalue weighted by Crippen LogP contribution is -2.24. The van der Waals surface area contributed by atoms with Crippen molar-refractivity contribution in [3.05, 3.63) is 34.9 Å². The van der Waals surface area contributed by atoms with E-state index < -0.39 is 0 Å². The fraction of sp³-hybridized carbons (Fsp3) is 0.455. The van der Waals surface area contributed by atoms with Gasteiger partial charge in [-0.1, -0.05) is 52.7 Å². The molecule has 0 heterocycles. The molecule has 1 nitrogen and oxygen atoms in total. The van der Waals surface area contributed by atoms with Gasteiger partial charge in [0.1, 0.15) is 0 Å². The van der Waals surface area contributed by atoms with Crippen molar-refractivity contribution in [1.29, 1.82) is 0 Å². The van der Waals surface area contributed by atoms with Crippen molar-refractivity contribution in [3.63, 3.8) is 0 Å². The molecule has 1 rings (SSSR count). The normalized spacial score (nSPS) is 13.2. The van der Waals surface area contributed by atoms with E-state index in [0.717, 1.165) is 18.1 Å². The minimum absolute atomic E-state index is 0.509. The van der Waals surface area contributed by atoms with E-state index in [9.17, 15) is 0 Å². The molecule has 0 amide bonds. The molecule has 0 aliphatic carbocycles. The molecule has 14 heavy (non-hydrogen) atoms. The summed E-state index contributed by atoms with van der Waals surface area (Å²) in [4.78, 5) is 2.76. The molecule has 0 fully saturated rings. The highest BCUT2D eigenvalue weighted by Gasteiger charge is 2.05. The van der Waals surface area contributed by atoms with Crippen LogP contribution in [-0.2, 0) is 6.54 Å². The van der Waals surface area contributed by atoms with Crippen LogP contribution in [0, 0.1) is 0 Å². The second kappa shape index (κ2) is 5.74. The molecule has 1 atom stereocenters. The molecule has 1 aromatic rings. The minimum Gasteiger partial charge on any atom is -0.301 e. The third-order valence-corrected chi connectivity index (χ3v) is 2.62. The quantitative estimate of drug-likeness (QED) is 0.760. The van der Waals surface area contributed by atoms with Crippen LogP contribution in [-0.4, -0.2) is 23.3 Å². The smallest absolute Gasteiger partial charge is 0.0451 e. The maximum Gasteiger partial charge on any atom is 0.0451 e. The Balaban J connectivity index is 2.56. The van der Waals surface area contributed by atoms with Crippen LogP contribution in [0.25, 0.3) is 0 Å². The molecule has 0 saturated heterocycles. The van der Waals surface area contributed by atoms with Crippen LogP contribution in [0.3, 0.4) is 0 Å². The molecule has 0 aromatic heterocycles. The fourth-order valence-electron chi connectivity index (χ4n) is 1.41. The predicted molar refractivity (Wildman–Crippen MR) is 66.2 cm³/mol. The standard InChI is InChI=1S/C11H15BrClN/c1-9(12)7-14(2)8-10-5-3-4-6-11(10)13/h3-6,9H,7-8H2,1-2H3. The van der Waals surface area contributed by atoms with E-state index in [1.54, 1.807) is 0 Å². The van der Waals surface area contributed by atoms with Gasteiger partial charge in [-0.15, -0.1) is 0 Å². The Labute approximate surface area is 99.2 Å². The van der Waals surface area contributed by atoms with Gasteiger partial charge in [-0.2, -0.15) is 0 Å². The van der Waals surface area contributed by atoms with Crippen LogP contribution in [0.2, 0.25) is 5.02 Å². The highest BCUT2D eigenvalue weighted by atomic mass is 79.9. The van der Waals surface area contributed by atoms with Crippen molar-refractivity contribution in [2.24, 2.45) is 0 Å². The molecule has 0 aliphatic heterocycles. The topological polar surface area (TPSA) is 3.24 Å². The predicted octanol–water partition coefficient (Wildman–Crippen LogP) is 3.56. The number of benzene rings is 1. The Morgan fingerprint density at radius 3 is 2.64 bits per heavy atom. The van der Waals surface area contributed by atoms with E-state index in [-0.39, 0.29) is 0 Å². The number of rotatable bonds is 4. The fourth-order valence-corrected chi connectivity index (χ4v) is 2.10. The molecule has 1 unspecified atom stereocenters. The lowest BCUT2D eigenvalue weighted by Gasteiger charge is -2.18. The molecule has 0 saturated carbocycles. The van der Waals surface area contributed by atoms with Gasteiger partial charge in [0, 0.05) is 22.9 Å². The third-order valence-electron chi connectivity index (χ3n) is 1.96. The SMILES string of the molecule is CC(Br)CN(C)Cc1ccccc1Cl.